The first-order chi connectivity index (χ1) is 7.06. The normalized spacial score (nSPS) is 25.9. The highest BCUT2D eigenvalue weighted by Crippen LogP contribution is 2.29. The zero-order valence-corrected chi connectivity index (χ0v) is 9.83. The zero-order chi connectivity index (χ0) is 11.0. The van der Waals surface area contributed by atoms with E-state index in [9.17, 15) is 0 Å². The third kappa shape index (κ3) is 2.17. The van der Waals surface area contributed by atoms with E-state index in [1.54, 1.807) is 6.07 Å². The number of nitrogens with zero attached hydrogens (tertiary/aromatic N) is 2. The number of aromatic nitrogens is 1. The largest absolute Gasteiger partial charge is 0.399 e. The third-order valence-electron chi connectivity index (χ3n) is 2.88. The average molecular weight is 226 g/mol. The molecule has 0 saturated carbocycles. The number of halogens is 1. The van der Waals surface area contributed by atoms with Crippen LogP contribution in [-0.2, 0) is 0 Å². The van der Waals surface area contributed by atoms with E-state index >= 15 is 0 Å². The second-order valence-corrected chi connectivity index (χ2v) is 4.81. The van der Waals surface area contributed by atoms with E-state index in [2.05, 4.69) is 23.7 Å². The van der Waals surface area contributed by atoms with E-state index in [4.69, 9.17) is 17.3 Å². The number of anilines is 2. The summed E-state index contributed by atoms with van der Waals surface area (Å²) in [5, 5.41) is 0.469. The summed E-state index contributed by atoms with van der Waals surface area (Å²) in [6.07, 6.45) is 1.20. The molecule has 2 atom stereocenters. The Morgan fingerprint density at radius 1 is 1.47 bits per heavy atom. The van der Waals surface area contributed by atoms with Crippen LogP contribution in [0, 0.1) is 5.92 Å². The van der Waals surface area contributed by atoms with Gasteiger partial charge in [-0.2, -0.15) is 0 Å². The maximum absolute atomic E-state index is 5.89. The lowest BCUT2D eigenvalue weighted by molar-refractivity contribution is 0.625. The summed E-state index contributed by atoms with van der Waals surface area (Å²) in [6.45, 7) is 5.50. The number of hydrogen-bond acceptors (Lipinski definition) is 3. The van der Waals surface area contributed by atoms with Crippen molar-refractivity contribution in [3.05, 3.63) is 17.3 Å². The van der Waals surface area contributed by atoms with Gasteiger partial charge in [-0.05, 0) is 25.3 Å². The minimum absolute atomic E-state index is 0.469. The molecule has 1 saturated heterocycles. The topological polar surface area (TPSA) is 42.1 Å². The molecule has 2 unspecified atom stereocenters. The van der Waals surface area contributed by atoms with E-state index in [1.165, 1.54) is 6.42 Å². The van der Waals surface area contributed by atoms with Crippen LogP contribution in [0.2, 0.25) is 5.15 Å². The van der Waals surface area contributed by atoms with Crippen LogP contribution in [-0.4, -0.2) is 17.6 Å². The molecule has 4 heteroatoms. The quantitative estimate of drug-likeness (QED) is 0.747. The predicted molar refractivity (Wildman–Crippen MR) is 64.2 cm³/mol. The summed E-state index contributed by atoms with van der Waals surface area (Å²) in [6, 6.07) is 4.08. The Labute approximate surface area is 95.2 Å². The molecule has 0 radical (unpaired) electrons. The molecule has 1 aliphatic heterocycles. The van der Waals surface area contributed by atoms with Gasteiger partial charge in [-0.15, -0.1) is 0 Å². The highest BCUT2D eigenvalue weighted by Gasteiger charge is 2.27. The zero-order valence-electron chi connectivity index (χ0n) is 9.07. The molecule has 2 N–H and O–H groups in total. The molecule has 0 aromatic carbocycles. The lowest BCUT2D eigenvalue weighted by atomic mass is 10.1. The molecule has 1 aromatic rings. The van der Waals surface area contributed by atoms with Crippen LogP contribution < -0.4 is 10.6 Å². The smallest absolute Gasteiger partial charge is 0.133 e. The van der Waals surface area contributed by atoms with Gasteiger partial charge in [-0.1, -0.05) is 18.5 Å². The van der Waals surface area contributed by atoms with E-state index < -0.39 is 0 Å². The third-order valence-corrected chi connectivity index (χ3v) is 3.07. The summed E-state index contributed by atoms with van der Waals surface area (Å²) in [5.74, 6) is 1.61. The van der Waals surface area contributed by atoms with E-state index in [1.807, 2.05) is 6.07 Å². The lowest BCUT2D eigenvalue weighted by Crippen LogP contribution is -2.27. The van der Waals surface area contributed by atoms with Crippen molar-refractivity contribution in [1.29, 1.82) is 0 Å². The molecule has 1 aliphatic rings. The summed E-state index contributed by atoms with van der Waals surface area (Å²) >= 11 is 5.89. The molecule has 0 bridgehead atoms. The van der Waals surface area contributed by atoms with Crippen LogP contribution in [0.15, 0.2) is 12.1 Å². The number of nitrogen functional groups attached to an aromatic ring is 1. The summed E-state index contributed by atoms with van der Waals surface area (Å²) in [5.41, 5.74) is 6.43. The Balaban J connectivity index is 2.29. The second kappa shape index (κ2) is 3.89. The van der Waals surface area contributed by atoms with Gasteiger partial charge < -0.3 is 10.6 Å². The van der Waals surface area contributed by atoms with E-state index in [-0.39, 0.29) is 0 Å². The van der Waals surface area contributed by atoms with Gasteiger partial charge in [0.1, 0.15) is 11.0 Å². The number of pyridine rings is 1. The molecule has 82 valence electrons. The first kappa shape index (κ1) is 10.6. The van der Waals surface area contributed by atoms with Crippen molar-refractivity contribution < 1.29 is 0 Å². The van der Waals surface area contributed by atoms with Crippen LogP contribution in [0.3, 0.4) is 0 Å². The van der Waals surface area contributed by atoms with Gasteiger partial charge in [0.15, 0.2) is 0 Å². The molecule has 2 rings (SSSR count). The van der Waals surface area contributed by atoms with Gasteiger partial charge in [0.25, 0.3) is 0 Å². The molecule has 1 aromatic heterocycles. The first-order valence-corrected chi connectivity index (χ1v) is 5.64. The van der Waals surface area contributed by atoms with Gasteiger partial charge in [0, 0.05) is 24.3 Å². The minimum atomic E-state index is 0.469. The van der Waals surface area contributed by atoms with Crippen molar-refractivity contribution >= 4 is 23.1 Å². The van der Waals surface area contributed by atoms with Gasteiger partial charge in [0.05, 0.1) is 0 Å². The van der Waals surface area contributed by atoms with Crippen molar-refractivity contribution in [1.82, 2.24) is 4.98 Å². The monoisotopic (exact) mass is 225 g/mol. The molecule has 0 spiro atoms. The molecule has 15 heavy (non-hydrogen) atoms. The Bertz CT molecular complexity index is 347. The maximum Gasteiger partial charge on any atom is 0.133 e. The summed E-state index contributed by atoms with van der Waals surface area (Å²) < 4.78 is 0. The SMILES string of the molecule is CC1CC(C)N(c2cc(N)cc(Cl)n2)C1. The Hall–Kier alpha value is -0.960. The Kier molecular flexibility index (Phi) is 2.74. The molecule has 2 heterocycles. The Morgan fingerprint density at radius 3 is 2.73 bits per heavy atom. The first-order valence-electron chi connectivity index (χ1n) is 5.26. The Morgan fingerprint density at radius 2 is 2.20 bits per heavy atom. The fourth-order valence-electron chi connectivity index (χ4n) is 2.27. The van der Waals surface area contributed by atoms with Crippen LogP contribution in [0.25, 0.3) is 0 Å². The van der Waals surface area contributed by atoms with Gasteiger partial charge in [-0.25, -0.2) is 4.98 Å². The molecule has 1 fully saturated rings. The molecule has 0 aliphatic carbocycles. The average Bonchev–Trinajstić information content (AvgIpc) is 2.43. The number of nitrogens with two attached hydrogens (primary N) is 1. The number of rotatable bonds is 1. The van der Waals surface area contributed by atoms with Crippen LogP contribution in [0.5, 0.6) is 0 Å². The highest BCUT2D eigenvalue weighted by molar-refractivity contribution is 6.29. The summed E-state index contributed by atoms with van der Waals surface area (Å²) in [7, 11) is 0. The molecular weight excluding hydrogens is 210 g/mol. The highest BCUT2D eigenvalue weighted by atomic mass is 35.5. The van der Waals surface area contributed by atoms with Crippen molar-refractivity contribution in [3.8, 4) is 0 Å². The van der Waals surface area contributed by atoms with Crippen LogP contribution in [0.1, 0.15) is 20.3 Å². The molecular formula is C11H16ClN3. The molecule has 0 amide bonds. The standard InChI is InChI=1S/C11H16ClN3/c1-7-3-8(2)15(6-7)11-5-9(13)4-10(12)14-11/h4-5,7-8H,3,6H2,1-2H3,(H2,13,14). The lowest BCUT2D eigenvalue weighted by Gasteiger charge is -2.22. The summed E-state index contributed by atoms with van der Waals surface area (Å²) in [4.78, 5) is 6.58. The number of hydrogen-bond donors (Lipinski definition) is 1. The van der Waals surface area contributed by atoms with Crippen molar-refractivity contribution in [3.63, 3.8) is 0 Å². The van der Waals surface area contributed by atoms with E-state index in [0.29, 0.717) is 22.8 Å². The second-order valence-electron chi connectivity index (χ2n) is 4.42. The van der Waals surface area contributed by atoms with Crippen LogP contribution >= 0.6 is 11.6 Å². The fraction of sp³-hybridized carbons (Fsp3) is 0.545. The maximum atomic E-state index is 5.89. The van der Waals surface area contributed by atoms with Gasteiger partial charge in [-0.3, -0.25) is 0 Å². The minimum Gasteiger partial charge on any atom is -0.399 e. The fourth-order valence-corrected chi connectivity index (χ4v) is 2.48. The van der Waals surface area contributed by atoms with E-state index in [0.717, 1.165) is 12.4 Å². The van der Waals surface area contributed by atoms with Gasteiger partial charge >= 0.3 is 0 Å². The van der Waals surface area contributed by atoms with Crippen molar-refractivity contribution in [2.45, 2.75) is 26.3 Å². The predicted octanol–water partition coefficient (Wildman–Crippen LogP) is 2.55. The molecule has 3 nitrogen and oxygen atoms in total. The van der Waals surface area contributed by atoms with Crippen molar-refractivity contribution in [2.24, 2.45) is 5.92 Å². The van der Waals surface area contributed by atoms with Crippen LogP contribution in [0.4, 0.5) is 11.5 Å². The van der Waals surface area contributed by atoms with Crippen molar-refractivity contribution in [2.75, 3.05) is 17.2 Å². The van der Waals surface area contributed by atoms with Gasteiger partial charge in [0.2, 0.25) is 0 Å².